The minimum atomic E-state index is -0.0496. The van der Waals surface area contributed by atoms with Crippen molar-refractivity contribution in [2.75, 3.05) is 33.9 Å². The average molecular weight is 434 g/mol. The molecule has 0 spiro atoms. The lowest BCUT2D eigenvalue weighted by Crippen LogP contribution is -2.37. The Balaban J connectivity index is 0.00000484. The maximum Gasteiger partial charge on any atom is 0.251 e. The van der Waals surface area contributed by atoms with E-state index in [1.807, 2.05) is 31.2 Å². The molecule has 0 radical (unpaired) electrons. The third-order valence-electron chi connectivity index (χ3n) is 3.03. The van der Waals surface area contributed by atoms with Crippen molar-refractivity contribution in [3.8, 4) is 0 Å². The van der Waals surface area contributed by atoms with Crippen molar-refractivity contribution >= 4 is 35.8 Å². The number of aliphatic imine (C=N–C) groups is 1. The van der Waals surface area contributed by atoms with Crippen LogP contribution in [0.15, 0.2) is 29.3 Å². The quantitative estimate of drug-likeness (QED) is 0.252. The summed E-state index contributed by atoms with van der Waals surface area (Å²) < 4.78 is 5.00. The second-order valence-electron chi connectivity index (χ2n) is 4.76. The third-order valence-corrected chi connectivity index (χ3v) is 3.03. The van der Waals surface area contributed by atoms with Crippen LogP contribution in [0.25, 0.3) is 0 Å². The van der Waals surface area contributed by atoms with Crippen LogP contribution in [0, 0.1) is 0 Å². The molecule has 0 aliphatic carbocycles. The molecule has 130 valence electrons. The lowest BCUT2D eigenvalue weighted by Gasteiger charge is -2.12. The molecule has 3 N–H and O–H groups in total. The molecule has 1 aromatic carbocycles. The van der Waals surface area contributed by atoms with Gasteiger partial charge in [0.15, 0.2) is 5.96 Å². The van der Waals surface area contributed by atoms with Gasteiger partial charge in [-0.3, -0.25) is 9.79 Å². The van der Waals surface area contributed by atoms with Crippen LogP contribution in [0.1, 0.15) is 29.3 Å². The summed E-state index contributed by atoms with van der Waals surface area (Å²) in [5, 5.41) is 9.24. The van der Waals surface area contributed by atoms with Gasteiger partial charge >= 0.3 is 0 Å². The van der Waals surface area contributed by atoms with Crippen LogP contribution in [-0.2, 0) is 11.3 Å². The number of guanidine groups is 1. The molecule has 1 amide bonds. The molecule has 1 rings (SSSR count). The topological polar surface area (TPSA) is 74.8 Å². The van der Waals surface area contributed by atoms with E-state index in [1.54, 1.807) is 14.2 Å². The van der Waals surface area contributed by atoms with Crippen molar-refractivity contribution in [1.82, 2.24) is 16.0 Å². The van der Waals surface area contributed by atoms with E-state index in [0.29, 0.717) is 18.7 Å². The first-order valence-electron chi connectivity index (χ1n) is 7.51. The number of hydrogen-bond donors (Lipinski definition) is 3. The standard InChI is InChI=1S/C16H26N4O2.HI/c1-4-18-15(21)14-8-5-7-13(11-14)12-20-16(17-2)19-9-6-10-22-3;/h5,7-8,11H,4,6,9-10,12H2,1-3H3,(H,18,21)(H2,17,19,20);1H. The van der Waals surface area contributed by atoms with E-state index in [2.05, 4.69) is 20.9 Å². The normalized spacial score (nSPS) is 10.7. The second-order valence-corrected chi connectivity index (χ2v) is 4.76. The molecule has 0 saturated heterocycles. The monoisotopic (exact) mass is 434 g/mol. The maximum atomic E-state index is 11.8. The average Bonchev–Trinajstić information content (AvgIpc) is 2.55. The van der Waals surface area contributed by atoms with Gasteiger partial charge in [0, 0.05) is 46.0 Å². The van der Waals surface area contributed by atoms with E-state index in [-0.39, 0.29) is 29.9 Å². The van der Waals surface area contributed by atoms with Gasteiger partial charge in [0.25, 0.3) is 5.91 Å². The molecule has 1 aromatic rings. The Labute approximate surface area is 155 Å². The fraction of sp³-hybridized carbons (Fsp3) is 0.500. The number of amides is 1. The number of carbonyl (C=O) groups is 1. The first-order valence-corrected chi connectivity index (χ1v) is 7.51. The first-order chi connectivity index (χ1) is 10.7. The smallest absolute Gasteiger partial charge is 0.251 e. The van der Waals surface area contributed by atoms with E-state index >= 15 is 0 Å². The minimum absolute atomic E-state index is 0. The van der Waals surface area contributed by atoms with Gasteiger partial charge in [0.2, 0.25) is 0 Å². The molecule has 0 fully saturated rings. The van der Waals surface area contributed by atoms with E-state index in [9.17, 15) is 4.79 Å². The largest absolute Gasteiger partial charge is 0.385 e. The van der Waals surface area contributed by atoms with Crippen LogP contribution in [0.3, 0.4) is 0 Å². The van der Waals surface area contributed by atoms with E-state index in [0.717, 1.165) is 31.1 Å². The van der Waals surface area contributed by atoms with Gasteiger partial charge in [-0.05, 0) is 31.0 Å². The Kier molecular flexibility index (Phi) is 12.4. The summed E-state index contributed by atoms with van der Waals surface area (Å²) in [5.41, 5.74) is 1.70. The van der Waals surface area contributed by atoms with Crippen molar-refractivity contribution in [1.29, 1.82) is 0 Å². The summed E-state index contributed by atoms with van der Waals surface area (Å²) in [7, 11) is 3.42. The number of methoxy groups -OCH3 is 1. The second kappa shape index (κ2) is 13.1. The van der Waals surface area contributed by atoms with Crippen LogP contribution in [-0.4, -0.2) is 45.7 Å². The molecule has 0 saturated carbocycles. The van der Waals surface area contributed by atoms with Crippen molar-refractivity contribution < 1.29 is 9.53 Å². The number of ether oxygens (including phenoxy) is 1. The first kappa shape index (κ1) is 21.6. The Hall–Kier alpha value is -1.35. The Bertz CT molecular complexity index is 495. The van der Waals surface area contributed by atoms with E-state index in [1.165, 1.54) is 0 Å². The van der Waals surface area contributed by atoms with Crippen LogP contribution in [0.4, 0.5) is 0 Å². The summed E-state index contributed by atoms with van der Waals surface area (Å²) in [6, 6.07) is 7.56. The Morgan fingerprint density at radius 3 is 2.70 bits per heavy atom. The van der Waals surface area contributed by atoms with Crippen molar-refractivity contribution in [3.63, 3.8) is 0 Å². The molecule has 0 unspecified atom stereocenters. The van der Waals surface area contributed by atoms with Gasteiger partial charge in [-0.15, -0.1) is 24.0 Å². The zero-order chi connectivity index (χ0) is 16.2. The van der Waals surface area contributed by atoms with Gasteiger partial charge in [-0.2, -0.15) is 0 Å². The van der Waals surface area contributed by atoms with Crippen molar-refractivity contribution in [2.24, 2.45) is 4.99 Å². The summed E-state index contributed by atoms with van der Waals surface area (Å²) in [6.45, 7) is 4.66. The molecule has 0 atom stereocenters. The van der Waals surface area contributed by atoms with Crippen LogP contribution < -0.4 is 16.0 Å². The Morgan fingerprint density at radius 1 is 1.26 bits per heavy atom. The summed E-state index contributed by atoms with van der Waals surface area (Å²) in [5.74, 6) is 0.686. The lowest BCUT2D eigenvalue weighted by molar-refractivity contribution is 0.0955. The van der Waals surface area contributed by atoms with E-state index < -0.39 is 0 Å². The van der Waals surface area contributed by atoms with Gasteiger partial charge < -0.3 is 20.7 Å². The summed E-state index contributed by atoms with van der Waals surface area (Å²) >= 11 is 0. The number of nitrogens with zero attached hydrogens (tertiary/aromatic N) is 1. The molecule has 0 aliphatic rings. The molecule has 0 bridgehead atoms. The number of rotatable bonds is 8. The van der Waals surface area contributed by atoms with Crippen LogP contribution >= 0.6 is 24.0 Å². The predicted molar refractivity (Wildman–Crippen MR) is 105 cm³/mol. The highest BCUT2D eigenvalue weighted by Crippen LogP contribution is 2.05. The molecule has 23 heavy (non-hydrogen) atoms. The van der Waals surface area contributed by atoms with Crippen LogP contribution in [0.2, 0.25) is 0 Å². The van der Waals surface area contributed by atoms with Gasteiger partial charge in [0.05, 0.1) is 0 Å². The molecule has 0 aliphatic heterocycles. The SMILES string of the molecule is CCNC(=O)c1cccc(CNC(=NC)NCCCOC)c1.I. The van der Waals surface area contributed by atoms with Crippen molar-refractivity contribution in [2.45, 2.75) is 19.9 Å². The predicted octanol–water partition coefficient (Wildman–Crippen LogP) is 1.76. The zero-order valence-electron chi connectivity index (χ0n) is 14.0. The number of benzene rings is 1. The molecule has 6 nitrogen and oxygen atoms in total. The van der Waals surface area contributed by atoms with E-state index in [4.69, 9.17) is 4.74 Å². The highest BCUT2D eigenvalue weighted by Gasteiger charge is 2.05. The Morgan fingerprint density at radius 2 is 2.04 bits per heavy atom. The zero-order valence-corrected chi connectivity index (χ0v) is 16.3. The molecular formula is C16H27IN4O2. The number of halogens is 1. The maximum absolute atomic E-state index is 11.8. The number of nitrogens with one attached hydrogen (secondary N) is 3. The fourth-order valence-electron chi connectivity index (χ4n) is 1.91. The fourth-order valence-corrected chi connectivity index (χ4v) is 1.91. The highest BCUT2D eigenvalue weighted by molar-refractivity contribution is 14.0. The van der Waals surface area contributed by atoms with Crippen molar-refractivity contribution in [3.05, 3.63) is 35.4 Å². The lowest BCUT2D eigenvalue weighted by atomic mass is 10.1. The third kappa shape index (κ3) is 8.75. The number of hydrogen-bond acceptors (Lipinski definition) is 3. The number of carbonyl (C=O) groups excluding carboxylic acids is 1. The summed E-state index contributed by atoms with van der Waals surface area (Å²) in [6.07, 6.45) is 0.921. The van der Waals surface area contributed by atoms with Gasteiger partial charge in [-0.25, -0.2) is 0 Å². The molecular weight excluding hydrogens is 407 g/mol. The summed E-state index contributed by atoms with van der Waals surface area (Å²) in [4.78, 5) is 16.0. The van der Waals surface area contributed by atoms with Crippen LogP contribution in [0.5, 0.6) is 0 Å². The molecule has 0 heterocycles. The molecule has 0 aromatic heterocycles. The minimum Gasteiger partial charge on any atom is -0.385 e. The van der Waals surface area contributed by atoms with Gasteiger partial charge in [-0.1, -0.05) is 12.1 Å². The molecule has 7 heteroatoms. The highest BCUT2D eigenvalue weighted by atomic mass is 127. The van der Waals surface area contributed by atoms with Gasteiger partial charge in [0.1, 0.15) is 0 Å².